The molecule has 1 aliphatic heterocycles. The number of ether oxygens (including phenoxy) is 3. The number of rotatable bonds is 4. The van der Waals surface area contributed by atoms with E-state index in [-0.39, 0.29) is 17.6 Å². The maximum atomic E-state index is 12.1. The summed E-state index contributed by atoms with van der Waals surface area (Å²) >= 11 is 6.07. The first kappa shape index (κ1) is 18.7. The van der Waals surface area contributed by atoms with E-state index in [1.807, 2.05) is 0 Å². The monoisotopic (exact) mass is 388 g/mol. The first-order chi connectivity index (χ1) is 12.9. The molecular weight excluding hydrogens is 372 g/mol. The van der Waals surface area contributed by atoms with Crippen molar-refractivity contribution in [2.45, 2.75) is 20.1 Å². The zero-order valence-corrected chi connectivity index (χ0v) is 15.7. The smallest absolute Gasteiger partial charge is 0.308 e. The van der Waals surface area contributed by atoms with Gasteiger partial charge in [0, 0.05) is 24.4 Å². The highest BCUT2D eigenvalue weighted by Crippen LogP contribution is 2.34. The van der Waals surface area contributed by atoms with Gasteiger partial charge in [-0.25, -0.2) is 0 Å². The Balaban J connectivity index is 1.98. The van der Waals surface area contributed by atoms with E-state index in [0.717, 1.165) is 0 Å². The average molecular weight is 389 g/mol. The maximum Gasteiger partial charge on any atom is 0.308 e. The molecule has 0 spiro atoms. The standard InChI is InChI=1S/C19H17ClN2O5/c1-11(23)22-19(13-4-7-15(25-3)8-5-13)27-18(21-22)16-10-14(20)6-9-17(16)26-12(2)24/h4-10,19H,1-3H3. The minimum atomic E-state index is -0.757. The highest BCUT2D eigenvalue weighted by Gasteiger charge is 2.34. The number of halogens is 1. The van der Waals surface area contributed by atoms with Gasteiger partial charge in [-0.3, -0.25) is 9.59 Å². The van der Waals surface area contributed by atoms with Gasteiger partial charge in [-0.1, -0.05) is 11.6 Å². The second-order valence-corrected chi connectivity index (χ2v) is 6.18. The third kappa shape index (κ3) is 4.03. The van der Waals surface area contributed by atoms with Crippen LogP contribution in [-0.4, -0.2) is 29.9 Å². The zero-order valence-electron chi connectivity index (χ0n) is 14.9. The molecule has 1 heterocycles. The number of hydrazone groups is 1. The van der Waals surface area contributed by atoms with Gasteiger partial charge in [0.05, 0.1) is 12.7 Å². The quantitative estimate of drug-likeness (QED) is 0.591. The summed E-state index contributed by atoms with van der Waals surface area (Å²) in [6.45, 7) is 2.68. The Hall–Kier alpha value is -3.06. The van der Waals surface area contributed by atoms with Crippen LogP contribution >= 0.6 is 11.6 Å². The Morgan fingerprint density at radius 2 is 1.85 bits per heavy atom. The number of methoxy groups -OCH3 is 1. The normalized spacial score (nSPS) is 15.8. The maximum absolute atomic E-state index is 12.1. The Morgan fingerprint density at radius 3 is 2.44 bits per heavy atom. The minimum Gasteiger partial charge on any atom is -0.497 e. The molecule has 3 rings (SSSR count). The van der Waals surface area contributed by atoms with Gasteiger partial charge in [0.25, 0.3) is 0 Å². The molecule has 0 saturated carbocycles. The lowest BCUT2D eigenvalue weighted by Gasteiger charge is -2.19. The van der Waals surface area contributed by atoms with Crippen LogP contribution in [0, 0.1) is 0 Å². The fraction of sp³-hybridized carbons (Fsp3) is 0.211. The number of amides is 1. The van der Waals surface area contributed by atoms with E-state index in [9.17, 15) is 9.59 Å². The van der Waals surface area contributed by atoms with Crippen LogP contribution in [0.1, 0.15) is 31.2 Å². The van der Waals surface area contributed by atoms with Gasteiger partial charge in [-0.15, -0.1) is 5.10 Å². The number of hydrogen-bond acceptors (Lipinski definition) is 6. The fourth-order valence-corrected chi connectivity index (χ4v) is 2.75. The van der Waals surface area contributed by atoms with Crippen LogP contribution in [0.5, 0.6) is 11.5 Å². The molecule has 2 aromatic carbocycles. The van der Waals surface area contributed by atoms with E-state index in [1.165, 1.54) is 18.9 Å². The molecular formula is C19H17ClN2O5. The largest absolute Gasteiger partial charge is 0.497 e. The van der Waals surface area contributed by atoms with Crippen LogP contribution in [0.2, 0.25) is 5.02 Å². The van der Waals surface area contributed by atoms with Crippen molar-refractivity contribution >= 4 is 29.4 Å². The summed E-state index contributed by atoms with van der Waals surface area (Å²) in [5.41, 5.74) is 1.08. The summed E-state index contributed by atoms with van der Waals surface area (Å²) < 4.78 is 16.3. The summed E-state index contributed by atoms with van der Waals surface area (Å²) in [4.78, 5) is 23.4. The van der Waals surface area contributed by atoms with Gasteiger partial charge in [0.15, 0.2) is 0 Å². The van der Waals surface area contributed by atoms with Crippen LogP contribution in [0.3, 0.4) is 0 Å². The Bertz CT molecular complexity index is 911. The predicted molar refractivity (Wildman–Crippen MR) is 98.6 cm³/mol. The lowest BCUT2D eigenvalue weighted by molar-refractivity contribution is -0.135. The molecule has 8 heteroatoms. The predicted octanol–water partition coefficient (Wildman–Crippen LogP) is 3.51. The SMILES string of the molecule is COc1ccc(C2OC(c3cc(Cl)ccc3OC(C)=O)=NN2C(C)=O)cc1. The molecule has 1 aliphatic rings. The molecule has 140 valence electrons. The fourth-order valence-electron chi connectivity index (χ4n) is 2.57. The van der Waals surface area contributed by atoms with Crippen molar-refractivity contribution in [1.29, 1.82) is 0 Å². The zero-order chi connectivity index (χ0) is 19.6. The molecule has 1 unspecified atom stereocenters. The van der Waals surface area contributed by atoms with Crippen molar-refractivity contribution in [2.24, 2.45) is 5.10 Å². The molecule has 0 bridgehead atoms. The van der Waals surface area contributed by atoms with E-state index in [2.05, 4.69) is 5.10 Å². The third-order valence-corrected chi connectivity index (χ3v) is 4.03. The van der Waals surface area contributed by atoms with Crippen molar-refractivity contribution < 1.29 is 23.8 Å². The van der Waals surface area contributed by atoms with Gasteiger partial charge in [-0.2, -0.15) is 5.01 Å². The lowest BCUT2D eigenvalue weighted by Crippen LogP contribution is -2.25. The van der Waals surface area contributed by atoms with Gasteiger partial charge in [0.2, 0.25) is 18.0 Å². The van der Waals surface area contributed by atoms with Gasteiger partial charge < -0.3 is 14.2 Å². The summed E-state index contributed by atoms with van der Waals surface area (Å²) in [7, 11) is 1.57. The van der Waals surface area contributed by atoms with E-state index in [4.69, 9.17) is 25.8 Å². The summed E-state index contributed by atoms with van der Waals surface area (Å²) in [6.07, 6.45) is -0.757. The summed E-state index contributed by atoms with van der Waals surface area (Å²) in [5, 5.41) is 5.89. The molecule has 1 amide bonds. The molecule has 7 nitrogen and oxygen atoms in total. The Labute approximate surface area is 161 Å². The average Bonchev–Trinajstić information content (AvgIpc) is 3.08. The molecule has 0 saturated heterocycles. The van der Waals surface area contributed by atoms with Crippen molar-refractivity contribution in [1.82, 2.24) is 5.01 Å². The van der Waals surface area contributed by atoms with Crippen molar-refractivity contribution in [2.75, 3.05) is 7.11 Å². The molecule has 2 aromatic rings. The number of esters is 1. The lowest BCUT2D eigenvalue weighted by atomic mass is 10.1. The van der Waals surface area contributed by atoms with Crippen molar-refractivity contribution in [3.63, 3.8) is 0 Å². The number of hydrogen-bond donors (Lipinski definition) is 0. The molecule has 0 fully saturated rings. The Morgan fingerprint density at radius 1 is 1.15 bits per heavy atom. The van der Waals surface area contributed by atoms with Crippen LogP contribution < -0.4 is 9.47 Å². The van der Waals surface area contributed by atoms with Gasteiger partial charge >= 0.3 is 5.97 Å². The van der Waals surface area contributed by atoms with E-state index in [1.54, 1.807) is 49.6 Å². The first-order valence-corrected chi connectivity index (χ1v) is 8.44. The van der Waals surface area contributed by atoms with Crippen LogP contribution in [0.25, 0.3) is 0 Å². The second kappa shape index (κ2) is 7.67. The van der Waals surface area contributed by atoms with Crippen LogP contribution in [-0.2, 0) is 14.3 Å². The first-order valence-electron chi connectivity index (χ1n) is 8.06. The third-order valence-electron chi connectivity index (χ3n) is 3.79. The molecule has 0 N–H and O–H groups in total. The summed E-state index contributed by atoms with van der Waals surface area (Å²) in [5.74, 6) is 0.253. The highest BCUT2D eigenvalue weighted by atomic mass is 35.5. The number of carbonyl (C=O) groups excluding carboxylic acids is 2. The Kier molecular flexibility index (Phi) is 5.32. The van der Waals surface area contributed by atoms with E-state index < -0.39 is 12.2 Å². The molecule has 0 radical (unpaired) electrons. The molecule has 0 aliphatic carbocycles. The van der Waals surface area contributed by atoms with Crippen LogP contribution in [0.4, 0.5) is 0 Å². The molecule has 0 aromatic heterocycles. The number of carbonyl (C=O) groups is 2. The van der Waals surface area contributed by atoms with Crippen molar-refractivity contribution in [3.8, 4) is 11.5 Å². The van der Waals surface area contributed by atoms with Gasteiger partial charge in [-0.05, 0) is 42.5 Å². The van der Waals surface area contributed by atoms with E-state index in [0.29, 0.717) is 21.9 Å². The van der Waals surface area contributed by atoms with E-state index >= 15 is 0 Å². The number of nitrogens with zero attached hydrogens (tertiary/aromatic N) is 2. The topological polar surface area (TPSA) is 77.4 Å². The van der Waals surface area contributed by atoms with Crippen molar-refractivity contribution in [3.05, 3.63) is 58.6 Å². The van der Waals surface area contributed by atoms with Gasteiger partial charge in [0.1, 0.15) is 11.5 Å². The highest BCUT2D eigenvalue weighted by molar-refractivity contribution is 6.31. The number of benzene rings is 2. The second-order valence-electron chi connectivity index (χ2n) is 5.75. The van der Waals surface area contributed by atoms with Crippen LogP contribution in [0.15, 0.2) is 47.6 Å². The summed E-state index contributed by atoms with van der Waals surface area (Å²) in [6, 6.07) is 11.8. The molecule has 27 heavy (non-hydrogen) atoms. The minimum absolute atomic E-state index is 0.129. The molecule has 1 atom stereocenters.